The summed E-state index contributed by atoms with van der Waals surface area (Å²) in [5, 5.41) is 2.41. The van der Waals surface area contributed by atoms with E-state index in [1.54, 1.807) is 11.4 Å². The predicted molar refractivity (Wildman–Crippen MR) is 60.8 cm³/mol. The van der Waals surface area contributed by atoms with Crippen molar-refractivity contribution in [2.75, 3.05) is 0 Å². The van der Waals surface area contributed by atoms with Crippen LogP contribution in [0.4, 0.5) is 0 Å². The fourth-order valence-electron chi connectivity index (χ4n) is 0.950. The number of rotatable bonds is 2. The molecule has 2 aromatic heterocycles. The van der Waals surface area contributed by atoms with Gasteiger partial charge in [0.2, 0.25) is 0 Å². The van der Waals surface area contributed by atoms with Crippen molar-refractivity contribution in [3.63, 3.8) is 0 Å². The molecule has 0 radical (unpaired) electrons. The number of thiazole rings is 1. The summed E-state index contributed by atoms with van der Waals surface area (Å²) in [4.78, 5) is 14.5. The lowest BCUT2D eigenvalue weighted by molar-refractivity contribution is 0.111. The Labute approximate surface area is 98.1 Å². The van der Waals surface area contributed by atoms with Crippen molar-refractivity contribution >= 4 is 52.2 Å². The van der Waals surface area contributed by atoms with Crippen molar-refractivity contribution in [3.05, 3.63) is 25.8 Å². The van der Waals surface area contributed by atoms with E-state index in [0.29, 0.717) is 20.7 Å². The smallest absolute Gasteiger partial charge is 0.169 e. The molecule has 0 aliphatic carbocycles. The van der Waals surface area contributed by atoms with Crippen molar-refractivity contribution in [2.45, 2.75) is 0 Å². The number of aldehydes is 1. The number of halogens is 2. The summed E-state index contributed by atoms with van der Waals surface area (Å²) in [5.74, 6) is 0. The molecule has 0 aliphatic rings. The quantitative estimate of drug-likeness (QED) is 0.767. The zero-order valence-electron chi connectivity index (χ0n) is 6.66. The van der Waals surface area contributed by atoms with Crippen LogP contribution in [-0.4, -0.2) is 11.3 Å². The Morgan fingerprint density at radius 1 is 1.43 bits per heavy atom. The lowest BCUT2D eigenvalue weighted by atomic mass is 10.3. The van der Waals surface area contributed by atoms with Crippen LogP contribution in [0.3, 0.4) is 0 Å². The van der Waals surface area contributed by atoms with Gasteiger partial charge in [-0.25, -0.2) is 4.98 Å². The van der Waals surface area contributed by atoms with E-state index in [0.717, 1.165) is 10.6 Å². The fourth-order valence-corrected chi connectivity index (χ4v) is 3.32. The molecular weight excluding hydrogens is 261 g/mol. The third-order valence-electron chi connectivity index (χ3n) is 1.53. The highest BCUT2D eigenvalue weighted by atomic mass is 35.5. The van der Waals surface area contributed by atoms with Crippen molar-refractivity contribution in [3.8, 4) is 10.6 Å². The molecule has 0 amide bonds. The monoisotopic (exact) mass is 263 g/mol. The summed E-state index contributed by atoms with van der Waals surface area (Å²) in [6.45, 7) is 0. The Hall–Kier alpha value is -0.420. The van der Waals surface area contributed by atoms with E-state index in [-0.39, 0.29) is 0 Å². The van der Waals surface area contributed by atoms with E-state index < -0.39 is 0 Å². The third kappa shape index (κ3) is 1.83. The second-order valence-corrected chi connectivity index (χ2v) is 5.58. The van der Waals surface area contributed by atoms with Crippen LogP contribution in [0.25, 0.3) is 10.6 Å². The van der Waals surface area contributed by atoms with Gasteiger partial charge in [-0.15, -0.1) is 22.7 Å². The maximum Gasteiger partial charge on any atom is 0.169 e. The number of thiophene rings is 1. The minimum atomic E-state index is 0.420. The Bertz CT molecular complexity index is 477. The van der Waals surface area contributed by atoms with Crippen LogP contribution < -0.4 is 0 Å². The van der Waals surface area contributed by atoms with Gasteiger partial charge in [0.15, 0.2) is 6.29 Å². The van der Waals surface area contributed by atoms with Gasteiger partial charge in [0.1, 0.15) is 15.0 Å². The molecule has 2 rings (SSSR count). The zero-order chi connectivity index (χ0) is 10.1. The summed E-state index contributed by atoms with van der Waals surface area (Å²) in [6, 6.07) is 1.75. The van der Waals surface area contributed by atoms with Crippen molar-refractivity contribution < 1.29 is 4.79 Å². The highest BCUT2D eigenvalue weighted by molar-refractivity contribution is 7.21. The highest BCUT2D eigenvalue weighted by Crippen LogP contribution is 2.39. The van der Waals surface area contributed by atoms with Crippen LogP contribution in [0.15, 0.2) is 11.4 Å². The molecule has 0 unspecified atom stereocenters. The van der Waals surface area contributed by atoms with Crippen molar-refractivity contribution in [1.82, 2.24) is 4.98 Å². The first kappa shape index (κ1) is 10.1. The van der Waals surface area contributed by atoms with E-state index >= 15 is 0 Å². The van der Waals surface area contributed by atoms with Crippen molar-refractivity contribution in [1.29, 1.82) is 0 Å². The number of nitrogens with zero attached hydrogens (tertiary/aromatic N) is 1. The molecule has 14 heavy (non-hydrogen) atoms. The molecule has 0 aromatic carbocycles. The third-order valence-corrected chi connectivity index (χ3v) is 3.91. The van der Waals surface area contributed by atoms with Gasteiger partial charge in [-0.2, -0.15) is 0 Å². The molecule has 0 N–H and O–H groups in total. The topological polar surface area (TPSA) is 30.0 Å². The molecule has 2 heterocycles. The number of carbonyl (C=O) groups excluding carboxylic acids is 1. The highest BCUT2D eigenvalue weighted by Gasteiger charge is 2.11. The molecule has 0 bridgehead atoms. The van der Waals surface area contributed by atoms with Crippen LogP contribution >= 0.6 is 45.9 Å². The average molecular weight is 264 g/mol. The predicted octanol–water partition coefficient (Wildman–Crippen LogP) is 3.99. The van der Waals surface area contributed by atoms with Crippen LogP contribution in [0, 0.1) is 0 Å². The Morgan fingerprint density at radius 2 is 2.21 bits per heavy atom. The van der Waals surface area contributed by atoms with Gasteiger partial charge in [0.05, 0.1) is 4.34 Å². The minimum Gasteiger partial charge on any atom is -0.296 e. The maximum atomic E-state index is 10.4. The molecule has 72 valence electrons. The molecule has 0 fully saturated rings. The largest absolute Gasteiger partial charge is 0.296 e. The first-order valence-corrected chi connectivity index (χ1v) is 6.02. The maximum absolute atomic E-state index is 10.4. The fraction of sp³-hybridized carbons (Fsp3) is 0. The number of aromatic nitrogens is 1. The summed E-state index contributed by atoms with van der Waals surface area (Å²) in [6.07, 6.45) is 0.710. The average Bonchev–Trinajstić information content (AvgIpc) is 2.71. The molecule has 0 saturated heterocycles. The second kappa shape index (κ2) is 3.98. The van der Waals surface area contributed by atoms with Crippen LogP contribution in [0.2, 0.25) is 8.67 Å². The minimum absolute atomic E-state index is 0.420. The molecular formula is C8H3Cl2NOS2. The van der Waals surface area contributed by atoms with E-state index in [9.17, 15) is 4.79 Å². The van der Waals surface area contributed by atoms with Gasteiger partial charge in [0.25, 0.3) is 0 Å². The van der Waals surface area contributed by atoms with Gasteiger partial charge < -0.3 is 0 Å². The van der Waals surface area contributed by atoms with E-state index in [1.807, 2.05) is 0 Å². The molecule has 2 aromatic rings. The molecule has 0 spiro atoms. The second-order valence-electron chi connectivity index (χ2n) is 2.43. The molecule has 0 aliphatic heterocycles. The Morgan fingerprint density at radius 3 is 2.71 bits per heavy atom. The van der Waals surface area contributed by atoms with Gasteiger partial charge in [-0.05, 0) is 6.07 Å². The standard InChI is InChI=1S/C8H3Cl2NOS2/c9-6-1-5(7(10)14-6)8-11-4(2-12)3-13-8/h1-3H. The first-order valence-electron chi connectivity index (χ1n) is 3.56. The molecule has 0 saturated carbocycles. The van der Waals surface area contributed by atoms with Gasteiger partial charge >= 0.3 is 0 Å². The van der Waals surface area contributed by atoms with Crippen LogP contribution in [0.1, 0.15) is 10.5 Å². The number of hydrogen-bond acceptors (Lipinski definition) is 4. The summed E-state index contributed by atoms with van der Waals surface area (Å²) >= 11 is 14.4. The van der Waals surface area contributed by atoms with E-state index in [2.05, 4.69) is 4.98 Å². The van der Waals surface area contributed by atoms with Gasteiger partial charge in [0, 0.05) is 10.9 Å². The van der Waals surface area contributed by atoms with Gasteiger partial charge in [-0.3, -0.25) is 4.79 Å². The normalized spacial score (nSPS) is 10.4. The van der Waals surface area contributed by atoms with Crippen LogP contribution in [-0.2, 0) is 0 Å². The number of hydrogen-bond donors (Lipinski definition) is 0. The van der Waals surface area contributed by atoms with E-state index in [1.165, 1.54) is 22.7 Å². The van der Waals surface area contributed by atoms with Crippen molar-refractivity contribution in [2.24, 2.45) is 0 Å². The molecule has 0 atom stereocenters. The molecule has 2 nitrogen and oxygen atoms in total. The SMILES string of the molecule is O=Cc1csc(-c2cc(Cl)sc2Cl)n1. The zero-order valence-corrected chi connectivity index (χ0v) is 9.80. The van der Waals surface area contributed by atoms with Gasteiger partial charge in [-0.1, -0.05) is 23.2 Å². The Balaban J connectivity index is 2.48. The summed E-state index contributed by atoms with van der Waals surface area (Å²) in [5.41, 5.74) is 1.21. The Kier molecular flexibility index (Phi) is 2.88. The summed E-state index contributed by atoms with van der Waals surface area (Å²) in [7, 11) is 0. The molecule has 6 heteroatoms. The van der Waals surface area contributed by atoms with E-state index in [4.69, 9.17) is 23.2 Å². The lowest BCUT2D eigenvalue weighted by Gasteiger charge is -1.89. The lowest BCUT2D eigenvalue weighted by Crippen LogP contribution is -1.78. The summed E-state index contributed by atoms with van der Waals surface area (Å²) < 4.78 is 1.22. The first-order chi connectivity index (χ1) is 6.70. The van der Waals surface area contributed by atoms with Crippen LogP contribution in [0.5, 0.6) is 0 Å². The number of carbonyl (C=O) groups is 1.